The summed E-state index contributed by atoms with van der Waals surface area (Å²) >= 11 is 5.90. The van der Waals surface area contributed by atoms with Crippen LogP contribution >= 0.6 is 11.6 Å². The summed E-state index contributed by atoms with van der Waals surface area (Å²) in [6, 6.07) is 16.1. The number of carbonyl (C=O) groups is 1. The van der Waals surface area contributed by atoms with E-state index in [1.165, 1.54) is 24.9 Å². The summed E-state index contributed by atoms with van der Waals surface area (Å²) in [4.78, 5) is 14.8. The van der Waals surface area contributed by atoms with Gasteiger partial charge in [-0.1, -0.05) is 66.7 Å². The lowest BCUT2D eigenvalue weighted by Gasteiger charge is -2.16. The minimum atomic E-state index is -0.0217. The second-order valence-corrected chi connectivity index (χ2v) is 8.93. The molecule has 0 spiro atoms. The van der Waals surface area contributed by atoms with Crippen LogP contribution in [0.15, 0.2) is 78.4 Å². The van der Waals surface area contributed by atoms with E-state index in [0.717, 1.165) is 34.9 Å². The van der Waals surface area contributed by atoms with Crippen LogP contribution in [0.25, 0.3) is 5.57 Å². The highest BCUT2D eigenvalue weighted by molar-refractivity contribution is 6.29. The molecular formula is C27H31ClN2O. The number of nitrogens with zero attached hydrogens (tertiary/aromatic N) is 1. The van der Waals surface area contributed by atoms with Gasteiger partial charge in [-0.25, -0.2) is 0 Å². The minimum absolute atomic E-state index is 0.0217. The van der Waals surface area contributed by atoms with Crippen LogP contribution in [0.1, 0.15) is 36.5 Å². The average Bonchev–Trinajstić information content (AvgIpc) is 3.54. The fourth-order valence-corrected chi connectivity index (χ4v) is 3.57. The molecule has 1 saturated carbocycles. The van der Waals surface area contributed by atoms with Crippen LogP contribution in [0.3, 0.4) is 0 Å². The van der Waals surface area contributed by atoms with Crippen LogP contribution in [0, 0.1) is 5.92 Å². The van der Waals surface area contributed by atoms with Crippen LogP contribution in [-0.4, -0.2) is 24.4 Å². The van der Waals surface area contributed by atoms with Crippen molar-refractivity contribution in [3.8, 4) is 0 Å². The van der Waals surface area contributed by atoms with Crippen molar-refractivity contribution >= 4 is 28.8 Å². The molecule has 0 saturated heterocycles. The Hall–Kier alpha value is -2.62. The summed E-state index contributed by atoms with van der Waals surface area (Å²) < 4.78 is 0. The van der Waals surface area contributed by atoms with E-state index in [-0.39, 0.29) is 5.91 Å². The number of benzene rings is 2. The number of carbonyl (C=O) groups excluding carboxylic acids is 1. The number of hydrogen-bond donors (Lipinski definition) is 1. The molecule has 2 aromatic rings. The van der Waals surface area contributed by atoms with Crippen molar-refractivity contribution in [1.82, 2.24) is 4.90 Å². The molecule has 1 fully saturated rings. The van der Waals surface area contributed by atoms with E-state index in [4.69, 9.17) is 11.6 Å². The maximum absolute atomic E-state index is 12.5. The molecule has 1 aliphatic carbocycles. The summed E-state index contributed by atoms with van der Waals surface area (Å²) in [7, 11) is 2.17. The molecule has 3 nitrogen and oxygen atoms in total. The first kappa shape index (κ1) is 23.1. The molecule has 0 heterocycles. The number of rotatable bonds is 10. The summed E-state index contributed by atoms with van der Waals surface area (Å²) in [5.41, 5.74) is 5.07. The smallest absolute Gasteiger partial charge is 0.228 e. The first-order chi connectivity index (χ1) is 14.9. The second-order valence-electron chi connectivity index (χ2n) is 8.34. The Labute approximate surface area is 191 Å². The first-order valence-electron chi connectivity index (χ1n) is 10.8. The van der Waals surface area contributed by atoms with Crippen LogP contribution in [0.2, 0.25) is 0 Å². The van der Waals surface area contributed by atoms with E-state index < -0.39 is 0 Å². The van der Waals surface area contributed by atoms with E-state index in [9.17, 15) is 4.79 Å². The van der Waals surface area contributed by atoms with Gasteiger partial charge in [0.2, 0.25) is 5.91 Å². The van der Waals surface area contributed by atoms with E-state index in [2.05, 4.69) is 48.1 Å². The van der Waals surface area contributed by atoms with Crippen molar-refractivity contribution < 1.29 is 4.79 Å². The molecule has 2 aromatic carbocycles. The molecule has 1 amide bonds. The molecular weight excluding hydrogens is 404 g/mol. The van der Waals surface area contributed by atoms with Crippen molar-refractivity contribution in [3.05, 3.63) is 95.1 Å². The Morgan fingerprint density at radius 2 is 1.74 bits per heavy atom. The predicted octanol–water partition coefficient (Wildman–Crippen LogP) is 6.42. The third-order valence-corrected chi connectivity index (χ3v) is 5.45. The van der Waals surface area contributed by atoms with E-state index in [1.54, 1.807) is 6.08 Å². The van der Waals surface area contributed by atoms with Gasteiger partial charge in [0.15, 0.2) is 0 Å². The molecule has 0 atom stereocenters. The maximum atomic E-state index is 12.5. The number of allylic oxidation sites excluding steroid dienone is 5. The van der Waals surface area contributed by atoms with Gasteiger partial charge in [0.25, 0.3) is 0 Å². The van der Waals surface area contributed by atoms with Gasteiger partial charge in [-0.05, 0) is 73.2 Å². The minimum Gasteiger partial charge on any atom is -0.326 e. The Balaban J connectivity index is 1.52. The van der Waals surface area contributed by atoms with Crippen molar-refractivity contribution in [2.45, 2.75) is 32.7 Å². The van der Waals surface area contributed by atoms with Crippen LogP contribution in [0.4, 0.5) is 5.69 Å². The van der Waals surface area contributed by atoms with Crippen molar-refractivity contribution in [2.75, 3.05) is 18.9 Å². The molecule has 1 N–H and O–H groups in total. The molecule has 3 rings (SSSR count). The Morgan fingerprint density at radius 1 is 1.10 bits per heavy atom. The Morgan fingerprint density at radius 3 is 2.32 bits per heavy atom. The largest absolute Gasteiger partial charge is 0.326 e. The average molecular weight is 435 g/mol. The number of anilines is 1. The fourth-order valence-electron chi connectivity index (χ4n) is 3.50. The van der Waals surface area contributed by atoms with E-state index in [1.807, 2.05) is 43.3 Å². The lowest BCUT2D eigenvalue weighted by atomic mass is 10.0. The molecule has 0 unspecified atom stereocenters. The number of halogens is 1. The van der Waals surface area contributed by atoms with Gasteiger partial charge in [-0.2, -0.15) is 0 Å². The van der Waals surface area contributed by atoms with Crippen molar-refractivity contribution in [1.29, 1.82) is 0 Å². The zero-order valence-electron chi connectivity index (χ0n) is 18.4. The maximum Gasteiger partial charge on any atom is 0.228 e. The number of amides is 1. The highest BCUT2D eigenvalue weighted by Crippen LogP contribution is 2.29. The highest BCUT2D eigenvalue weighted by atomic mass is 35.5. The van der Waals surface area contributed by atoms with Gasteiger partial charge in [0, 0.05) is 23.8 Å². The predicted molar refractivity (Wildman–Crippen MR) is 132 cm³/mol. The quantitative estimate of drug-likeness (QED) is 0.437. The second kappa shape index (κ2) is 11.1. The Bertz CT molecular complexity index is 950. The van der Waals surface area contributed by atoms with Crippen LogP contribution < -0.4 is 5.32 Å². The standard InChI is InChI=1S/C27H31ClN2O/c1-4-24(12-5-20(2)28)25-13-15-26(16-14-25)29-27(31)17-21-6-8-22(9-7-21)18-30(3)19-23-10-11-23/h4-9,12-16,23H,1,10-11,17-19H2,2-3H3,(H,29,31)/b20-5+,24-12+. The molecule has 4 heteroatoms. The van der Waals surface area contributed by atoms with Gasteiger partial charge >= 0.3 is 0 Å². The third-order valence-electron chi connectivity index (χ3n) is 5.32. The molecule has 162 valence electrons. The summed E-state index contributed by atoms with van der Waals surface area (Å²) in [5.74, 6) is 0.875. The first-order valence-corrected chi connectivity index (χ1v) is 11.1. The molecule has 0 radical (unpaired) electrons. The Kier molecular flexibility index (Phi) is 8.27. The molecule has 31 heavy (non-hydrogen) atoms. The zero-order chi connectivity index (χ0) is 22.2. The summed E-state index contributed by atoms with van der Waals surface area (Å²) in [6.45, 7) is 7.82. The van der Waals surface area contributed by atoms with Gasteiger partial charge in [0.1, 0.15) is 0 Å². The van der Waals surface area contributed by atoms with Gasteiger partial charge in [-0.3, -0.25) is 4.79 Å². The summed E-state index contributed by atoms with van der Waals surface area (Å²) in [6.07, 6.45) is 8.66. The van der Waals surface area contributed by atoms with Crippen LogP contribution in [0.5, 0.6) is 0 Å². The van der Waals surface area contributed by atoms with Crippen molar-refractivity contribution in [3.63, 3.8) is 0 Å². The monoisotopic (exact) mass is 434 g/mol. The van der Waals surface area contributed by atoms with Crippen LogP contribution in [-0.2, 0) is 17.8 Å². The van der Waals surface area contributed by atoms with Crippen molar-refractivity contribution in [2.24, 2.45) is 5.92 Å². The fraction of sp³-hybridized carbons (Fsp3) is 0.296. The zero-order valence-corrected chi connectivity index (χ0v) is 19.2. The number of hydrogen-bond acceptors (Lipinski definition) is 2. The molecule has 0 bridgehead atoms. The normalized spacial score (nSPS) is 14.6. The topological polar surface area (TPSA) is 32.3 Å². The lowest BCUT2D eigenvalue weighted by molar-refractivity contribution is -0.115. The molecule has 0 aliphatic heterocycles. The summed E-state index contributed by atoms with van der Waals surface area (Å²) in [5, 5.41) is 3.68. The van der Waals surface area contributed by atoms with E-state index >= 15 is 0 Å². The SMILES string of the molecule is C=C/C(=C\C=C(/C)Cl)c1ccc(NC(=O)Cc2ccc(CN(C)CC3CC3)cc2)cc1. The van der Waals surface area contributed by atoms with Gasteiger partial charge in [-0.15, -0.1) is 0 Å². The lowest BCUT2D eigenvalue weighted by Crippen LogP contribution is -2.20. The highest BCUT2D eigenvalue weighted by Gasteiger charge is 2.22. The van der Waals surface area contributed by atoms with Gasteiger partial charge in [0.05, 0.1) is 6.42 Å². The molecule has 0 aromatic heterocycles. The van der Waals surface area contributed by atoms with E-state index in [0.29, 0.717) is 11.5 Å². The third kappa shape index (κ3) is 7.86. The molecule has 1 aliphatic rings. The number of nitrogens with one attached hydrogen (secondary N) is 1. The van der Waals surface area contributed by atoms with Gasteiger partial charge < -0.3 is 10.2 Å².